The highest BCUT2D eigenvalue weighted by molar-refractivity contribution is 5.74. The van der Waals surface area contributed by atoms with Gasteiger partial charge in [0.25, 0.3) is 0 Å². The Morgan fingerprint density at radius 3 is 1.63 bits per heavy atom. The van der Waals surface area contributed by atoms with Gasteiger partial charge in [-0.3, -0.25) is 14.4 Å². The van der Waals surface area contributed by atoms with Gasteiger partial charge in [0.15, 0.2) is 0 Å². The molecule has 0 atom stereocenters. The molecule has 7 nitrogen and oxygen atoms in total. The molecule has 0 aliphatic heterocycles. The molecule has 248 valence electrons. The van der Waals surface area contributed by atoms with Crippen LogP contribution < -0.4 is 4.74 Å². The molecule has 0 N–H and O–H groups in total. The highest BCUT2D eigenvalue weighted by atomic mass is 19.1. The third-order valence-corrected chi connectivity index (χ3v) is 6.10. The molecule has 0 radical (unpaired) electrons. The highest BCUT2D eigenvalue weighted by Gasteiger charge is 2.16. The van der Waals surface area contributed by atoms with Crippen molar-refractivity contribution >= 4 is 17.9 Å². The Balaban J connectivity index is 0. The number of benzene rings is 1. The van der Waals surface area contributed by atoms with Crippen molar-refractivity contribution in [3.63, 3.8) is 0 Å². The molecule has 0 unspecified atom stereocenters. The first-order valence-electron chi connectivity index (χ1n) is 15.6. The van der Waals surface area contributed by atoms with Crippen molar-refractivity contribution in [1.29, 1.82) is 0 Å². The fourth-order valence-electron chi connectivity index (χ4n) is 3.07. The summed E-state index contributed by atoms with van der Waals surface area (Å²) in [6.45, 7) is 23.7. The van der Waals surface area contributed by atoms with Crippen LogP contribution in [0.3, 0.4) is 0 Å². The minimum absolute atomic E-state index is 0.00200. The van der Waals surface area contributed by atoms with E-state index in [1.54, 1.807) is 27.7 Å². The molecule has 1 saturated carbocycles. The molecule has 1 aromatic carbocycles. The monoisotopic (exact) mass is 610 g/mol. The Labute approximate surface area is 260 Å². The summed E-state index contributed by atoms with van der Waals surface area (Å²) in [6, 6.07) is 5.36. The van der Waals surface area contributed by atoms with Crippen LogP contribution in [0, 0.1) is 35.4 Å². The summed E-state index contributed by atoms with van der Waals surface area (Å²) in [5.74, 6) is 1.34. The first-order valence-corrected chi connectivity index (χ1v) is 15.6. The van der Waals surface area contributed by atoms with E-state index in [9.17, 15) is 18.8 Å². The van der Waals surface area contributed by atoms with Gasteiger partial charge in [0.1, 0.15) is 11.6 Å². The fourth-order valence-corrected chi connectivity index (χ4v) is 3.07. The second kappa shape index (κ2) is 24.5. The van der Waals surface area contributed by atoms with E-state index in [-0.39, 0.29) is 41.5 Å². The van der Waals surface area contributed by atoms with Gasteiger partial charge in [0, 0.05) is 5.92 Å². The zero-order chi connectivity index (χ0) is 33.5. The molecule has 1 aromatic rings. The number of carbonyl (C=O) groups excluding carboxylic acids is 3. The van der Waals surface area contributed by atoms with Crippen molar-refractivity contribution in [2.24, 2.45) is 29.6 Å². The normalized spacial score (nSPS) is 12.8. The number of methoxy groups -OCH3 is 1. The van der Waals surface area contributed by atoms with Crippen LogP contribution in [0.15, 0.2) is 36.6 Å². The van der Waals surface area contributed by atoms with Gasteiger partial charge in [-0.1, -0.05) is 82.2 Å². The van der Waals surface area contributed by atoms with Crippen LogP contribution in [0.25, 0.3) is 0 Å². The average Bonchev–Trinajstić information content (AvgIpc) is 2.94. The minimum atomic E-state index is -0.343. The number of hydrogen-bond acceptors (Lipinski definition) is 7. The summed E-state index contributed by atoms with van der Waals surface area (Å²) in [5, 5.41) is 0. The quantitative estimate of drug-likeness (QED) is 0.148. The number of rotatable bonds is 10. The first kappa shape index (κ1) is 42.2. The second-order valence-corrected chi connectivity index (χ2v) is 12.2. The summed E-state index contributed by atoms with van der Waals surface area (Å²) in [4.78, 5) is 32.3. The Morgan fingerprint density at radius 1 is 0.767 bits per heavy atom. The molecule has 0 heterocycles. The largest absolute Gasteiger partial charge is 0.495 e. The van der Waals surface area contributed by atoms with E-state index in [0.717, 1.165) is 12.2 Å². The maximum Gasteiger partial charge on any atom is 0.313 e. The lowest BCUT2D eigenvalue weighted by Crippen LogP contribution is -2.17. The second-order valence-electron chi connectivity index (χ2n) is 12.2. The molecule has 1 fully saturated rings. The van der Waals surface area contributed by atoms with Gasteiger partial charge in [0.2, 0.25) is 0 Å². The summed E-state index contributed by atoms with van der Waals surface area (Å²) in [5.41, 5.74) is 0. The maximum atomic E-state index is 12.4. The molecule has 0 saturated heterocycles. The van der Waals surface area contributed by atoms with Crippen LogP contribution in [-0.4, -0.2) is 37.7 Å². The highest BCUT2D eigenvalue weighted by Crippen LogP contribution is 2.24. The van der Waals surface area contributed by atoms with Gasteiger partial charge in [-0.05, 0) is 62.3 Å². The Hall–Kier alpha value is -2.90. The van der Waals surface area contributed by atoms with Gasteiger partial charge in [-0.25, -0.2) is 4.39 Å². The van der Waals surface area contributed by atoms with E-state index in [1.165, 1.54) is 63.5 Å². The molecular weight excluding hydrogens is 551 g/mol. The molecule has 43 heavy (non-hydrogen) atoms. The molecular formula is C35H59FO7. The van der Waals surface area contributed by atoms with Gasteiger partial charge >= 0.3 is 17.9 Å². The predicted octanol–water partition coefficient (Wildman–Crippen LogP) is 8.94. The average molecular weight is 611 g/mol. The third-order valence-electron chi connectivity index (χ3n) is 6.10. The molecule has 1 aliphatic carbocycles. The lowest BCUT2D eigenvalue weighted by atomic mass is 9.97. The molecule has 0 aromatic heterocycles. The van der Waals surface area contributed by atoms with Crippen LogP contribution >= 0.6 is 0 Å². The predicted molar refractivity (Wildman–Crippen MR) is 171 cm³/mol. The van der Waals surface area contributed by atoms with E-state index in [1.807, 2.05) is 13.8 Å². The smallest absolute Gasteiger partial charge is 0.313 e. The molecule has 0 amide bonds. The molecule has 0 bridgehead atoms. The van der Waals surface area contributed by atoms with Crippen molar-refractivity contribution in [1.82, 2.24) is 0 Å². The Kier molecular flexibility index (Phi) is 24.1. The van der Waals surface area contributed by atoms with Crippen molar-refractivity contribution in [2.45, 2.75) is 114 Å². The van der Waals surface area contributed by atoms with Gasteiger partial charge < -0.3 is 18.9 Å². The van der Waals surface area contributed by atoms with E-state index in [4.69, 9.17) is 14.2 Å². The van der Waals surface area contributed by atoms with Crippen LogP contribution in [0.1, 0.15) is 108 Å². The number of allylic oxidation sites excluding steroid dienone is 1. The number of hydrogen-bond donors (Lipinski definition) is 0. The summed E-state index contributed by atoms with van der Waals surface area (Å²) < 4.78 is 32.5. The molecule has 8 heteroatoms. The number of halogens is 1. The van der Waals surface area contributed by atoms with Crippen molar-refractivity contribution < 1.29 is 37.7 Å². The zero-order valence-corrected chi connectivity index (χ0v) is 28.7. The number of ether oxygens (including phenoxy) is 4. The van der Waals surface area contributed by atoms with Crippen LogP contribution in [-0.2, 0) is 28.6 Å². The van der Waals surface area contributed by atoms with E-state index < -0.39 is 0 Å². The third kappa shape index (κ3) is 24.3. The molecule has 1 aliphatic rings. The number of esters is 3. The topological polar surface area (TPSA) is 88.1 Å². The van der Waals surface area contributed by atoms with E-state index in [0.29, 0.717) is 30.3 Å². The van der Waals surface area contributed by atoms with Crippen molar-refractivity contribution in [3.8, 4) is 5.75 Å². The van der Waals surface area contributed by atoms with Gasteiger partial charge in [-0.15, -0.1) is 0 Å². The van der Waals surface area contributed by atoms with Crippen molar-refractivity contribution in [3.05, 3.63) is 42.4 Å². The Bertz CT molecular complexity index is 899. The lowest BCUT2D eigenvalue weighted by Gasteiger charge is -2.25. The van der Waals surface area contributed by atoms with Crippen LogP contribution in [0.2, 0.25) is 0 Å². The lowest BCUT2D eigenvalue weighted by molar-refractivity contribution is -0.147. The molecule has 2 rings (SSSR count). The van der Waals surface area contributed by atoms with Gasteiger partial charge in [0.05, 0.1) is 43.3 Å². The first-order chi connectivity index (χ1) is 20.0. The van der Waals surface area contributed by atoms with E-state index >= 15 is 0 Å². The fraction of sp³-hybridized carbons (Fsp3) is 0.686. The SMILES string of the molecule is C=C(OC1CCCCC1)C(C)C.CC(C)C(=O)Oc1ccc(F)cc1.CC(C)CCOC(=O)C(C)C.COC(=O)C(C)C. The Morgan fingerprint density at radius 2 is 1.26 bits per heavy atom. The van der Waals surface area contributed by atoms with E-state index in [2.05, 4.69) is 39.0 Å². The molecule has 0 spiro atoms. The summed E-state index contributed by atoms with van der Waals surface area (Å²) >= 11 is 0. The summed E-state index contributed by atoms with van der Waals surface area (Å²) in [7, 11) is 1.39. The maximum absolute atomic E-state index is 12.4. The van der Waals surface area contributed by atoms with Crippen LogP contribution in [0.5, 0.6) is 5.75 Å². The van der Waals surface area contributed by atoms with Crippen molar-refractivity contribution in [2.75, 3.05) is 13.7 Å². The standard InChI is InChI=1S/C11H20O.C10H11FO2.C9H18O2.C5H10O2/c1-9(2)10(3)12-11-7-5-4-6-8-11;1-7(2)10(12)13-9-5-3-8(11)4-6-9;1-7(2)5-6-11-9(10)8(3)4;1-4(2)5(6)7-3/h9,11H,3-8H2,1-2H3;3-7H,1-2H3;7-8H,5-6H2,1-4H3;4H,1-3H3. The minimum Gasteiger partial charge on any atom is -0.495 e. The van der Waals surface area contributed by atoms with Crippen LogP contribution in [0.4, 0.5) is 4.39 Å². The van der Waals surface area contributed by atoms with Gasteiger partial charge in [-0.2, -0.15) is 0 Å². The summed E-state index contributed by atoms with van der Waals surface area (Å²) in [6.07, 6.45) is 7.92. The number of carbonyl (C=O) groups is 3. The zero-order valence-electron chi connectivity index (χ0n) is 28.7.